The van der Waals surface area contributed by atoms with Crippen LogP contribution in [0.4, 0.5) is 4.39 Å². The van der Waals surface area contributed by atoms with Crippen molar-refractivity contribution < 1.29 is 8.82 Å². The number of hydrogen-bond acceptors (Lipinski definition) is 3. The van der Waals surface area contributed by atoms with Gasteiger partial charge in [-0.05, 0) is 85.5 Å². The Morgan fingerprint density at radius 1 is 0.949 bits per heavy atom. The van der Waals surface area contributed by atoms with Crippen LogP contribution in [0.25, 0.3) is 0 Å². The highest BCUT2D eigenvalue weighted by molar-refractivity contribution is 7.80. The summed E-state index contributed by atoms with van der Waals surface area (Å²) in [4.78, 5) is 4.84. The molecular weight excluding hydrogens is 522 g/mol. The first kappa shape index (κ1) is 28.0. The molecule has 39 heavy (non-hydrogen) atoms. The van der Waals surface area contributed by atoms with Gasteiger partial charge in [0.05, 0.1) is 18.2 Å². The maximum atomic E-state index is 13.8. The Kier molecular flexibility index (Phi) is 8.52. The second-order valence-electron chi connectivity index (χ2n) is 12.0. The predicted octanol–water partition coefficient (Wildman–Crippen LogP) is 6.53. The van der Waals surface area contributed by atoms with E-state index >= 15 is 0 Å². The molecule has 1 fully saturated rings. The summed E-state index contributed by atoms with van der Waals surface area (Å²) < 4.78 is 20.4. The van der Waals surface area contributed by atoms with E-state index in [0.29, 0.717) is 6.61 Å². The molecule has 0 aromatic heterocycles. The largest absolute Gasteiger partial charge is 0.415 e. The topological polar surface area (TPSA) is 27.7 Å². The number of hydrogen-bond donors (Lipinski definition) is 1. The van der Waals surface area contributed by atoms with Crippen molar-refractivity contribution in [3.63, 3.8) is 0 Å². The van der Waals surface area contributed by atoms with Crippen molar-refractivity contribution in [1.82, 2.24) is 15.1 Å². The number of halogens is 1. The van der Waals surface area contributed by atoms with Crippen molar-refractivity contribution in [3.8, 4) is 0 Å². The molecule has 1 N–H and O–H groups in total. The fourth-order valence-corrected chi connectivity index (χ4v) is 6.85. The molecule has 1 atom stereocenters. The Morgan fingerprint density at radius 3 is 2.31 bits per heavy atom. The molecule has 0 saturated carbocycles. The lowest BCUT2D eigenvalue weighted by Gasteiger charge is -2.47. The molecule has 206 valence electrons. The Labute approximate surface area is 239 Å². The highest BCUT2D eigenvalue weighted by atomic mass is 32.1. The van der Waals surface area contributed by atoms with Crippen LogP contribution in [0.3, 0.4) is 0 Å². The zero-order valence-corrected chi connectivity index (χ0v) is 25.1. The Bertz CT molecular complexity index is 1260. The highest BCUT2D eigenvalue weighted by Gasteiger charge is 2.39. The van der Waals surface area contributed by atoms with Crippen molar-refractivity contribution in [2.45, 2.75) is 57.0 Å². The van der Waals surface area contributed by atoms with Crippen LogP contribution in [-0.2, 0) is 17.4 Å². The Hall–Kier alpha value is -2.58. The van der Waals surface area contributed by atoms with Crippen LogP contribution in [0.2, 0.25) is 19.6 Å². The summed E-state index contributed by atoms with van der Waals surface area (Å²) in [5, 5.41) is 4.61. The molecule has 2 heterocycles. The first-order valence-electron chi connectivity index (χ1n) is 14.0. The number of nitrogens with zero attached hydrogens (tertiary/aromatic N) is 2. The third-order valence-electron chi connectivity index (χ3n) is 7.95. The van der Waals surface area contributed by atoms with Crippen molar-refractivity contribution in [1.29, 1.82) is 0 Å². The molecule has 0 radical (unpaired) electrons. The minimum Gasteiger partial charge on any atom is -0.415 e. The smallest absolute Gasteiger partial charge is 0.183 e. The van der Waals surface area contributed by atoms with E-state index in [1.165, 1.54) is 16.7 Å². The minimum absolute atomic E-state index is 0.0521. The monoisotopic (exact) mass is 561 g/mol. The van der Waals surface area contributed by atoms with Gasteiger partial charge >= 0.3 is 0 Å². The van der Waals surface area contributed by atoms with E-state index < -0.39 is 8.32 Å². The number of piperidine rings is 1. The average Bonchev–Trinajstić information content (AvgIpc) is 2.93. The molecular formula is C32H40FN3OSSi. The lowest BCUT2D eigenvalue weighted by Crippen LogP contribution is -2.61. The summed E-state index contributed by atoms with van der Waals surface area (Å²) in [7, 11) is -1.72. The zero-order chi connectivity index (χ0) is 27.5. The number of likely N-dealkylation sites (tertiary alicyclic amines) is 1. The number of benzene rings is 3. The maximum absolute atomic E-state index is 13.8. The molecule has 0 spiro atoms. The van der Waals surface area contributed by atoms with Crippen molar-refractivity contribution in [2.75, 3.05) is 26.2 Å². The van der Waals surface area contributed by atoms with Crippen LogP contribution >= 0.6 is 12.2 Å². The molecule has 4 nitrogen and oxygen atoms in total. The fourth-order valence-electron chi connectivity index (χ4n) is 5.73. The van der Waals surface area contributed by atoms with E-state index in [2.05, 4.69) is 89.4 Å². The van der Waals surface area contributed by atoms with Crippen molar-refractivity contribution in [3.05, 3.63) is 107 Å². The van der Waals surface area contributed by atoms with E-state index in [4.69, 9.17) is 16.6 Å². The molecule has 3 aromatic rings. The van der Waals surface area contributed by atoms with E-state index in [-0.39, 0.29) is 17.4 Å². The quantitative estimate of drug-likeness (QED) is 0.261. The van der Waals surface area contributed by atoms with Gasteiger partial charge in [-0.1, -0.05) is 66.7 Å². The molecule has 0 amide bonds. The van der Waals surface area contributed by atoms with Crippen LogP contribution in [0.5, 0.6) is 0 Å². The van der Waals surface area contributed by atoms with Gasteiger partial charge in [0.15, 0.2) is 13.4 Å². The van der Waals surface area contributed by atoms with Gasteiger partial charge in [-0.25, -0.2) is 4.39 Å². The highest BCUT2D eigenvalue weighted by Crippen LogP contribution is 2.36. The van der Waals surface area contributed by atoms with Gasteiger partial charge in [-0.15, -0.1) is 0 Å². The van der Waals surface area contributed by atoms with Gasteiger partial charge in [-0.3, -0.25) is 4.90 Å². The molecule has 7 heteroatoms. The number of nitrogens with one attached hydrogen (secondary N) is 1. The number of thiocarbonyl (C=S) groups is 1. The second-order valence-corrected chi connectivity index (χ2v) is 16.9. The minimum atomic E-state index is -1.72. The summed E-state index contributed by atoms with van der Waals surface area (Å²) in [5.41, 5.74) is 4.76. The lowest BCUT2D eigenvalue weighted by molar-refractivity contribution is 0.0928. The van der Waals surface area contributed by atoms with E-state index in [0.717, 1.165) is 56.1 Å². The van der Waals surface area contributed by atoms with Crippen molar-refractivity contribution in [2.24, 2.45) is 0 Å². The van der Waals surface area contributed by atoms with Crippen LogP contribution in [0.15, 0.2) is 78.9 Å². The summed E-state index contributed by atoms with van der Waals surface area (Å²) in [6.07, 6.45) is 2.87. The average molecular weight is 562 g/mol. The summed E-state index contributed by atoms with van der Waals surface area (Å²) >= 11 is 6.18. The van der Waals surface area contributed by atoms with Gasteiger partial charge in [0.1, 0.15) is 5.82 Å². The molecule has 1 saturated heterocycles. The van der Waals surface area contributed by atoms with E-state index in [1.54, 1.807) is 12.1 Å². The summed E-state index contributed by atoms with van der Waals surface area (Å²) in [6, 6.07) is 26.1. The zero-order valence-electron chi connectivity index (χ0n) is 23.3. The van der Waals surface area contributed by atoms with Gasteiger partial charge in [0.2, 0.25) is 0 Å². The third kappa shape index (κ3) is 6.95. The Balaban J connectivity index is 1.37. The number of rotatable bonds is 7. The summed E-state index contributed by atoms with van der Waals surface area (Å²) in [6.45, 7) is 11.2. The molecule has 0 aliphatic carbocycles. The fraction of sp³-hybridized carbons (Fsp3) is 0.406. The van der Waals surface area contributed by atoms with Gasteiger partial charge in [0.25, 0.3) is 0 Å². The standard InChI is InChI=1S/C32H40FN3OSSi/c1-39(2,3)37-24-32(18-21-35(22-19-32)23-25-9-5-4-6-10-25)34-31(38)36-20-17-26-11-7-8-12-29(26)30(36)27-13-15-28(33)16-14-27/h4-16,30H,17-24H2,1-3H3,(H,34,38). The van der Waals surface area contributed by atoms with Crippen LogP contribution < -0.4 is 5.32 Å². The SMILES string of the molecule is C[Si](C)(C)OCC1(NC(=S)N2CCc3ccccc3C2c2ccc(F)cc2)CCN(Cc2ccccc2)CC1. The van der Waals surface area contributed by atoms with Gasteiger partial charge < -0.3 is 14.6 Å². The lowest BCUT2D eigenvalue weighted by atomic mass is 9.87. The van der Waals surface area contributed by atoms with Crippen LogP contribution in [0, 0.1) is 5.82 Å². The van der Waals surface area contributed by atoms with Crippen molar-refractivity contribution >= 4 is 25.6 Å². The second kappa shape index (κ2) is 11.9. The molecule has 0 bridgehead atoms. The first-order chi connectivity index (χ1) is 18.7. The first-order valence-corrected chi connectivity index (χ1v) is 17.9. The van der Waals surface area contributed by atoms with Crippen LogP contribution in [-0.4, -0.2) is 55.0 Å². The van der Waals surface area contributed by atoms with Crippen LogP contribution in [0.1, 0.15) is 41.1 Å². The predicted molar refractivity (Wildman–Crippen MR) is 164 cm³/mol. The van der Waals surface area contributed by atoms with E-state index in [9.17, 15) is 4.39 Å². The Morgan fingerprint density at radius 2 is 1.62 bits per heavy atom. The normalized spacial score (nSPS) is 19.4. The third-order valence-corrected chi connectivity index (χ3v) is 9.29. The van der Waals surface area contributed by atoms with Gasteiger partial charge in [0, 0.05) is 26.2 Å². The molecule has 2 aliphatic rings. The maximum Gasteiger partial charge on any atom is 0.183 e. The summed E-state index contributed by atoms with van der Waals surface area (Å²) in [5.74, 6) is -0.222. The molecule has 1 unspecified atom stereocenters. The molecule has 2 aliphatic heterocycles. The molecule has 5 rings (SSSR count). The van der Waals surface area contributed by atoms with E-state index in [1.807, 2.05) is 12.1 Å². The van der Waals surface area contributed by atoms with Gasteiger partial charge in [-0.2, -0.15) is 0 Å². The molecule has 3 aromatic carbocycles. The number of fused-ring (bicyclic) bond motifs is 1.